The van der Waals surface area contributed by atoms with Crippen LogP contribution >= 0.6 is 0 Å². The molecule has 0 aliphatic carbocycles. The molecule has 0 saturated carbocycles. The van der Waals surface area contributed by atoms with Crippen LogP contribution in [0.5, 0.6) is 0 Å². The number of imide groups is 1. The minimum atomic E-state index is -0.975. The Bertz CT molecular complexity index is 1020. The van der Waals surface area contributed by atoms with Crippen LogP contribution in [0.3, 0.4) is 0 Å². The molecule has 3 heterocycles. The van der Waals surface area contributed by atoms with Crippen LogP contribution in [0.1, 0.15) is 34.7 Å². The zero-order chi connectivity index (χ0) is 20.6. The lowest BCUT2D eigenvalue weighted by molar-refractivity contribution is -0.129. The summed E-state index contributed by atoms with van der Waals surface area (Å²) in [4.78, 5) is 52.6. The number of hydrogen-bond acceptors (Lipinski definition) is 5. The first-order chi connectivity index (χ1) is 13.9. The van der Waals surface area contributed by atoms with Gasteiger partial charge >= 0.3 is 6.03 Å². The van der Waals surface area contributed by atoms with E-state index in [4.69, 9.17) is 4.42 Å². The summed E-state index contributed by atoms with van der Waals surface area (Å²) in [6.07, 6.45) is 0.637. The molecule has 1 aromatic heterocycles. The molecular formula is C21H21N3O5. The van der Waals surface area contributed by atoms with E-state index in [1.807, 2.05) is 30.3 Å². The molecule has 1 aromatic carbocycles. The van der Waals surface area contributed by atoms with Crippen LogP contribution in [0.2, 0.25) is 0 Å². The van der Waals surface area contributed by atoms with Crippen molar-refractivity contribution < 1.29 is 18.8 Å². The van der Waals surface area contributed by atoms with Gasteiger partial charge in [0, 0.05) is 31.8 Å². The average molecular weight is 395 g/mol. The molecule has 0 atom stereocenters. The summed E-state index contributed by atoms with van der Waals surface area (Å²) in [6, 6.07) is 11.5. The molecule has 2 aromatic rings. The molecule has 8 heteroatoms. The first-order valence-corrected chi connectivity index (χ1v) is 9.47. The molecule has 4 rings (SSSR count). The lowest BCUT2D eigenvalue weighted by Crippen LogP contribution is -2.57. The summed E-state index contributed by atoms with van der Waals surface area (Å²) in [5.74, 6) is -0.365. The average Bonchev–Trinajstić information content (AvgIpc) is 2.92. The molecule has 150 valence electrons. The SMILES string of the molecule is Cc1cc(=O)cc(C(=O)N2CCC3(CC2)C(=O)NC(=O)N3Cc2ccccc2)o1. The second-order valence-corrected chi connectivity index (χ2v) is 7.42. The van der Waals surface area contributed by atoms with E-state index in [9.17, 15) is 19.2 Å². The lowest BCUT2D eigenvalue weighted by Gasteiger charge is -2.42. The standard InChI is InChI=1S/C21H21N3O5/c1-14-11-16(25)12-17(29-14)18(26)23-9-7-21(8-10-23)19(27)22-20(28)24(21)13-15-5-3-2-4-6-15/h2-6,11-12H,7-10,13H2,1H3,(H,22,27,28). The van der Waals surface area contributed by atoms with Crippen molar-refractivity contribution in [3.8, 4) is 0 Å². The van der Waals surface area contributed by atoms with Crippen molar-refractivity contribution >= 4 is 17.8 Å². The van der Waals surface area contributed by atoms with Crippen molar-refractivity contribution in [3.05, 3.63) is 69.8 Å². The van der Waals surface area contributed by atoms with Gasteiger partial charge in [0.15, 0.2) is 11.2 Å². The molecule has 2 saturated heterocycles. The number of likely N-dealkylation sites (tertiary alicyclic amines) is 1. The van der Waals surface area contributed by atoms with E-state index in [1.165, 1.54) is 12.1 Å². The molecule has 4 amide bonds. The maximum atomic E-state index is 12.7. The van der Waals surface area contributed by atoms with Gasteiger partial charge in [-0.1, -0.05) is 30.3 Å². The molecule has 0 unspecified atom stereocenters. The smallest absolute Gasteiger partial charge is 0.325 e. The number of nitrogens with zero attached hydrogens (tertiary/aromatic N) is 2. The van der Waals surface area contributed by atoms with E-state index in [-0.39, 0.29) is 36.1 Å². The molecule has 2 fully saturated rings. The molecule has 2 aliphatic rings. The molecule has 1 spiro atoms. The number of carbonyl (C=O) groups is 3. The van der Waals surface area contributed by atoms with Crippen LogP contribution in [0.25, 0.3) is 0 Å². The maximum absolute atomic E-state index is 12.7. The minimum absolute atomic E-state index is 0.0148. The second kappa shape index (κ2) is 7.20. The monoisotopic (exact) mass is 395 g/mol. The van der Waals surface area contributed by atoms with Gasteiger partial charge < -0.3 is 14.2 Å². The van der Waals surface area contributed by atoms with Crippen LogP contribution in [-0.2, 0) is 11.3 Å². The van der Waals surface area contributed by atoms with Gasteiger partial charge in [0.25, 0.3) is 11.8 Å². The number of carbonyl (C=O) groups excluding carboxylic acids is 3. The Hall–Kier alpha value is -3.42. The van der Waals surface area contributed by atoms with Crippen LogP contribution < -0.4 is 10.7 Å². The Labute approximate surface area is 167 Å². The first-order valence-electron chi connectivity index (χ1n) is 9.47. The van der Waals surface area contributed by atoms with Crippen molar-refractivity contribution in [3.63, 3.8) is 0 Å². The molecule has 1 N–H and O–H groups in total. The van der Waals surface area contributed by atoms with Crippen LogP contribution in [-0.4, -0.2) is 46.3 Å². The first kappa shape index (κ1) is 18.9. The number of rotatable bonds is 3. The Balaban J connectivity index is 1.53. The molecule has 29 heavy (non-hydrogen) atoms. The number of piperidine rings is 1. The van der Waals surface area contributed by atoms with E-state index >= 15 is 0 Å². The normalized spacial score (nSPS) is 18.2. The van der Waals surface area contributed by atoms with Crippen molar-refractivity contribution in [1.29, 1.82) is 0 Å². The van der Waals surface area contributed by atoms with Crippen molar-refractivity contribution in [2.24, 2.45) is 0 Å². The fourth-order valence-electron chi connectivity index (χ4n) is 4.03. The van der Waals surface area contributed by atoms with Gasteiger partial charge in [-0.05, 0) is 25.3 Å². The number of hydrogen-bond donors (Lipinski definition) is 1. The fraction of sp³-hybridized carbons (Fsp3) is 0.333. The highest BCUT2D eigenvalue weighted by Gasteiger charge is 2.54. The Morgan fingerprint density at radius 1 is 1.10 bits per heavy atom. The van der Waals surface area contributed by atoms with Gasteiger partial charge in [-0.2, -0.15) is 0 Å². The van der Waals surface area contributed by atoms with Crippen LogP contribution in [0, 0.1) is 6.92 Å². The van der Waals surface area contributed by atoms with Crippen LogP contribution in [0.4, 0.5) is 4.79 Å². The molecule has 0 radical (unpaired) electrons. The van der Waals surface area contributed by atoms with Gasteiger partial charge in [-0.15, -0.1) is 0 Å². The minimum Gasteiger partial charge on any atom is -0.456 e. The topological polar surface area (TPSA) is 99.9 Å². The third-order valence-electron chi connectivity index (χ3n) is 5.57. The van der Waals surface area contributed by atoms with E-state index in [2.05, 4.69) is 5.32 Å². The number of nitrogens with one attached hydrogen (secondary N) is 1. The largest absolute Gasteiger partial charge is 0.456 e. The van der Waals surface area contributed by atoms with Gasteiger partial charge in [0.05, 0.1) is 0 Å². The second-order valence-electron chi connectivity index (χ2n) is 7.42. The predicted octanol–water partition coefficient (Wildman–Crippen LogP) is 1.68. The number of benzene rings is 1. The summed E-state index contributed by atoms with van der Waals surface area (Å²) < 4.78 is 5.39. The summed E-state index contributed by atoms with van der Waals surface area (Å²) in [6.45, 7) is 2.49. The van der Waals surface area contributed by atoms with Crippen molar-refractivity contribution in [2.45, 2.75) is 31.8 Å². The highest BCUT2D eigenvalue weighted by atomic mass is 16.3. The van der Waals surface area contributed by atoms with E-state index < -0.39 is 11.6 Å². The van der Waals surface area contributed by atoms with Crippen LogP contribution in [0.15, 0.2) is 51.7 Å². The highest BCUT2D eigenvalue weighted by Crippen LogP contribution is 2.35. The third kappa shape index (κ3) is 3.41. The predicted molar refractivity (Wildman–Crippen MR) is 103 cm³/mol. The van der Waals surface area contributed by atoms with E-state index in [1.54, 1.807) is 16.7 Å². The fourth-order valence-corrected chi connectivity index (χ4v) is 4.03. The Morgan fingerprint density at radius 2 is 1.79 bits per heavy atom. The van der Waals surface area contributed by atoms with Crippen molar-refractivity contribution in [1.82, 2.24) is 15.1 Å². The zero-order valence-electron chi connectivity index (χ0n) is 16.0. The van der Waals surface area contributed by atoms with E-state index in [0.29, 0.717) is 25.1 Å². The Morgan fingerprint density at radius 3 is 2.45 bits per heavy atom. The van der Waals surface area contributed by atoms with Gasteiger partial charge in [0.2, 0.25) is 0 Å². The quantitative estimate of drug-likeness (QED) is 0.797. The molecule has 0 bridgehead atoms. The summed E-state index contributed by atoms with van der Waals surface area (Å²) in [5, 5.41) is 2.42. The molecule has 2 aliphatic heterocycles. The number of amides is 4. The summed E-state index contributed by atoms with van der Waals surface area (Å²) in [5.41, 5.74) is -0.339. The number of urea groups is 1. The van der Waals surface area contributed by atoms with Gasteiger partial charge in [-0.3, -0.25) is 19.7 Å². The lowest BCUT2D eigenvalue weighted by atomic mass is 9.85. The Kier molecular flexibility index (Phi) is 4.70. The highest BCUT2D eigenvalue weighted by molar-refractivity contribution is 6.07. The maximum Gasteiger partial charge on any atom is 0.325 e. The van der Waals surface area contributed by atoms with Gasteiger partial charge in [-0.25, -0.2) is 4.79 Å². The summed E-state index contributed by atoms with van der Waals surface area (Å²) in [7, 11) is 0. The molecular weight excluding hydrogens is 374 g/mol. The van der Waals surface area contributed by atoms with E-state index in [0.717, 1.165) is 5.56 Å². The molecule has 8 nitrogen and oxygen atoms in total. The van der Waals surface area contributed by atoms with Crippen molar-refractivity contribution in [2.75, 3.05) is 13.1 Å². The third-order valence-corrected chi connectivity index (χ3v) is 5.57. The number of aryl methyl sites for hydroxylation is 1. The van der Waals surface area contributed by atoms with Gasteiger partial charge in [0.1, 0.15) is 11.3 Å². The summed E-state index contributed by atoms with van der Waals surface area (Å²) >= 11 is 0. The zero-order valence-corrected chi connectivity index (χ0v) is 16.0.